The van der Waals surface area contributed by atoms with Crippen LogP contribution >= 0.6 is 0 Å². The van der Waals surface area contributed by atoms with E-state index in [1.165, 1.54) is 0 Å². The molecular formula is C17H34N2O. The summed E-state index contributed by atoms with van der Waals surface area (Å²) in [5.41, 5.74) is 5.65. The molecule has 20 heavy (non-hydrogen) atoms. The highest BCUT2D eigenvalue weighted by Gasteiger charge is 2.39. The normalized spacial score (nSPS) is 27.4. The minimum Gasteiger partial charge on any atom is -0.355 e. The van der Waals surface area contributed by atoms with E-state index in [0.29, 0.717) is 24.3 Å². The first-order valence-electron chi connectivity index (χ1n) is 8.30. The summed E-state index contributed by atoms with van der Waals surface area (Å²) in [4.78, 5) is 12.6. The summed E-state index contributed by atoms with van der Waals surface area (Å²) in [5, 5.41) is 3.20. The molecule has 118 valence electrons. The molecule has 3 nitrogen and oxygen atoms in total. The van der Waals surface area contributed by atoms with Crippen molar-refractivity contribution in [3.63, 3.8) is 0 Å². The predicted molar refractivity (Wildman–Crippen MR) is 85.3 cm³/mol. The average Bonchev–Trinajstić information content (AvgIpc) is 2.39. The number of carbonyl (C=O) groups excluding carboxylic acids is 1. The fourth-order valence-corrected chi connectivity index (χ4v) is 3.48. The highest BCUT2D eigenvalue weighted by molar-refractivity contribution is 5.83. The van der Waals surface area contributed by atoms with Gasteiger partial charge in [0, 0.05) is 13.1 Å². The fourth-order valence-electron chi connectivity index (χ4n) is 3.48. The van der Waals surface area contributed by atoms with Crippen molar-refractivity contribution in [2.75, 3.05) is 13.1 Å². The van der Waals surface area contributed by atoms with Crippen LogP contribution < -0.4 is 11.1 Å². The molecule has 0 heterocycles. The van der Waals surface area contributed by atoms with Gasteiger partial charge in [-0.05, 0) is 49.4 Å². The highest BCUT2D eigenvalue weighted by Crippen LogP contribution is 2.38. The van der Waals surface area contributed by atoms with Crippen LogP contribution in [-0.2, 0) is 4.79 Å². The second-order valence-electron chi connectivity index (χ2n) is 7.53. The number of carbonyl (C=O) groups is 1. The van der Waals surface area contributed by atoms with Crippen molar-refractivity contribution < 1.29 is 4.79 Å². The second-order valence-corrected chi connectivity index (χ2v) is 7.53. The lowest BCUT2D eigenvalue weighted by Gasteiger charge is -2.38. The minimum atomic E-state index is -0.301. The Morgan fingerprint density at radius 2 is 1.70 bits per heavy atom. The molecule has 0 aromatic rings. The zero-order valence-electron chi connectivity index (χ0n) is 14.0. The zero-order valence-corrected chi connectivity index (χ0v) is 14.0. The van der Waals surface area contributed by atoms with E-state index in [0.717, 1.165) is 38.1 Å². The first kappa shape index (κ1) is 17.5. The Bertz CT molecular complexity index is 296. The SMILES string of the molecule is CC1CCC(CN)(C(=O)NCC(C(C)C)C(C)C)CC1. The number of nitrogens with two attached hydrogens (primary N) is 1. The molecule has 1 saturated carbocycles. The molecule has 0 saturated heterocycles. The number of rotatable bonds is 6. The van der Waals surface area contributed by atoms with E-state index in [4.69, 9.17) is 5.73 Å². The van der Waals surface area contributed by atoms with Gasteiger partial charge in [-0.15, -0.1) is 0 Å². The van der Waals surface area contributed by atoms with E-state index in [9.17, 15) is 4.79 Å². The molecule has 0 spiro atoms. The quantitative estimate of drug-likeness (QED) is 0.786. The zero-order chi connectivity index (χ0) is 15.3. The molecule has 0 radical (unpaired) electrons. The van der Waals surface area contributed by atoms with Crippen molar-refractivity contribution >= 4 is 5.91 Å². The van der Waals surface area contributed by atoms with Gasteiger partial charge in [-0.3, -0.25) is 4.79 Å². The van der Waals surface area contributed by atoms with E-state index < -0.39 is 0 Å². The van der Waals surface area contributed by atoms with Crippen LogP contribution in [0.3, 0.4) is 0 Å². The lowest BCUT2D eigenvalue weighted by atomic mass is 9.70. The van der Waals surface area contributed by atoms with Gasteiger partial charge in [-0.1, -0.05) is 34.6 Å². The van der Waals surface area contributed by atoms with Crippen LogP contribution in [0, 0.1) is 29.1 Å². The smallest absolute Gasteiger partial charge is 0.227 e. The Hall–Kier alpha value is -0.570. The molecule has 1 aliphatic carbocycles. The van der Waals surface area contributed by atoms with E-state index in [2.05, 4.69) is 39.9 Å². The molecule has 0 aromatic carbocycles. The lowest BCUT2D eigenvalue weighted by molar-refractivity contribution is -0.133. The van der Waals surface area contributed by atoms with Gasteiger partial charge >= 0.3 is 0 Å². The summed E-state index contributed by atoms with van der Waals surface area (Å²) in [6.45, 7) is 12.5. The number of amides is 1. The molecule has 1 fully saturated rings. The summed E-state index contributed by atoms with van der Waals surface area (Å²) in [5.74, 6) is 2.65. The molecule has 0 atom stereocenters. The van der Waals surface area contributed by atoms with Crippen molar-refractivity contribution in [3.05, 3.63) is 0 Å². The molecule has 0 aromatic heterocycles. The van der Waals surface area contributed by atoms with Crippen LogP contribution in [0.5, 0.6) is 0 Å². The largest absolute Gasteiger partial charge is 0.355 e. The first-order valence-corrected chi connectivity index (χ1v) is 8.30. The Morgan fingerprint density at radius 3 is 2.10 bits per heavy atom. The number of hydrogen-bond donors (Lipinski definition) is 2. The molecule has 1 amide bonds. The summed E-state index contributed by atoms with van der Waals surface area (Å²) in [6.07, 6.45) is 4.15. The fraction of sp³-hybridized carbons (Fsp3) is 0.941. The topological polar surface area (TPSA) is 55.1 Å². The molecule has 0 aliphatic heterocycles. The van der Waals surface area contributed by atoms with Gasteiger partial charge in [0.1, 0.15) is 0 Å². The van der Waals surface area contributed by atoms with Crippen LogP contribution in [0.25, 0.3) is 0 Å². The Balaban J connectivity index is 2.60. The predicted octanol–water partition coefficient (Wildman–Crippen LogP) is 3.19. The van der Waals surface area contributed by atoms with Crippen molar-refractivity contribution in [2.24, 2.45) is 34.8 Å². The van der Waals surface area contributed by atoms with Crippen LogP contribution in [-0.4, -0.2) is 19.0 Å². The average molecular weight is 282 g/mol. The third-order valence-electron chi connectivity index (χ3n) is 5.31. The molecule has 3 N–H and O–H groups in total. The maximum atomic E-state index is 12.6. The summed E-state index contributed by atoms with van der Waals surface area (Å²) in [7, 11) is 0. The van der Waals surface area contributed by atoms with Gasteiger partial charge in [-0.25, -0.2) is 0 Å². The molecule has 0 bridgehead atoms. The van der Waals surface area contributed by atoms with E-state index >= 15 is 0 Å². The third kappa shape index (κ3) is 4.21. The van der Waals surface area contributed by atoms with Gasteiger partial charge in [0.2, 0.25) is 5.91 Å². The first-order chi connectivity index (χ1) is 9.32. The molecule has 1 aliphatic rings. The second kappa shape index (κ2) is 7.44. The monoisotopic (exact) mass is 282 g/mol. The van der Waals surface area contributed by atoms with Crippen molar-refractivity contribution in [1.29, 1.82) is 0 Å². The van der Waals surface area contributed by atoms with Gasteiger partial charge < -0.3 is 11.1 Å². The van der Waals surface area contributed by atoms with Gasteiger partial charge in [0.15, 0.2) is 0 Å². The maximum Gasteiger partial charge on any atom is 0.227 e. The molecule has 1 rings (SSSR count). The van der Waals surface area contributed by atoms with E-state index in [-0.39, 0.29) is 11.3 Å². The molecule has 3 heteroatoms. The minimum absolute atomic E-state index is 0.193. The van der Waals surface area contributed by atoms with Gasteiger partial charge in [0.25, 0.3) is 0 Å². The lowest BCUT2D eigenvalue weighted by Crippen LogP contribution is -2.49. The Labute approximate surface area is 125 Å². The summed E-state index contributed by atoms with van der Waals surface area (Å²) >= 11 is 0. The van der Waals surface area contributed by atoms with Crippen molar-refractivity contribution in [3.8, 4) is 0 Å². The van der Waals surface area contributed by atoms with Gasteiger partial charge in [-0.2, -0.15) is 0 Å². The standard InChI is InChI=1S/C17H34N2O/c1-12(2)15(13(3)4)10-19-16(20)17(11-18)8-6-14(5)7-9-17/h12-15H,6-11,18H2,1-5H3,(H,19,20). The van der Waals surface area contributed by atoms with Crippen LogP contribution in [0.15, 0.2) is 0 Å². The highest BCUT2D eigenvalue weighted by atomic mass is 16.2. The Morgan fingerprint density at radius 1 is 1.20 bits per heavy atom. The van der Waals surface area contributed by atoms with Crippen LogP contribution in [0.4, 0.5) is 0 Å². The Kier molecular flexibility index (Phi) is 6.50. The molecule has 0 unspecified atom stereocenters. The number of nitrogens with one attached hydrogen (secondary N) is 1. The molecular weight excluding hydrogens is 248 g/mol. The summed E-state index contributed by atoms with van der Waals surface area (Å²) in [6, 6.07) is 0. The van der Waals surface area contributed by atoms with E-state index in [1.807, 2.05) is 0 Å². The third-order valence-corrected chi connectivity index (χ3v) is 5.31. The van der Waals surface area contributed by atoms with Crippen molar-refractivity contribution in [2.45, 2.75) is 60.3 Å². The summed E-state index contributed by atoms with van der Waals surface area (Å²) < 4.78 is 0. The van der Waals surface area contributed by atoms with Crippen molar-refractivity contribution in [1.82, 2.24) is 5.32 Å². The number of hydrogen-bond acceptors (Lipinski definition) is 2. The van der Waals surface area contributed by atoms with Crippen LogP contribution in [0.1, 0.15) is 60.3 Å². The maximum absolute atomic E-state index is 12.6. The van der Waals surface area contributed by atoms with Crippen LogP contribution in [0.2, 0.25) is 0 Å². The van der Waals surface area contributed by atoms with Gasteiger partial charge in [0.05, 0.1) is 5.41 Å². The van der Waals surface area contributed by atoms with E-state index in [1.54, 1.807) is 0 Å².